The average Bonchev–Trinajstić information content (AvgIpc) is 2.86. The molecule has 0 aliphatic rings. The molecule has 0 bridgehead atoms. The van der Waals surface area contributed by atoms with Crippen molar-refractivity contribution in [2.24, 2.45) is 0 Å². The minimum Gasteiger partial charge on any atom is -0.325 e. The van der Waals surface area contributed by atoms with E-state index in [1.54, 1.807) is 0 Å². The fourth-order valence-electron chi connectivity index (χ4n) is 2.26. The van der Waals surface area contributed by atoms with Crippen molar-refractivity contribution < 1.29 is 0 Å². The number of nitrogens with one attached hydrogen (secondary N) is 1. The van der Waals surface area contributed by atoms with Crippen LogP contribution in [-0.2, 0) is 13.0 Å². The molecule has 3 heteroatoms. The zero-order valence-electron chi connectivity index (χ0n) is 12.1. The maximum absolute atomic E-state index is 4.43. The number of nitrogens with zero attached hydrogens (tertiary/aromatic N) is 2. The van der Waals surface area contributed by atoms with Crippen LogP contribution in [0.1, 0.15) is 37.8 Å². The van der Waals surface area contributed by atoms with Crippen LogP contribution in [0.4, 0.5) is 11.6 Å². The number of benzene rings is 1. The fourth-order valence-corrected chi connectivity index (χ4v) is 2.26. The topological polar surface area (TPSA) is 29.9 Å². The van der Waals surface area contributed by atoms with E-state index in [2.05, 4.69) is 53.8 Å². The molecule has 1 aromatic carbocycles. The molecular formula is C16H23N3. The second-order valence-electron chi connectivity index (χ2n) is 4.89. The molecular weight excluding hydrogens is 234 g/mol. The van der Waals surface area contributed by atoms with Crippen LogP contribution in [-0.4, -0.2) is 9.55 Å². The first kappa shape index (κ1) is 13.7. The van der Waals surface area contributed by atoms with Crippen LogP contribution in [0.5, 0.6) is 0 Å². The van der Waals surface area contributed by atoms with Gasteiger partial charge in [-0.05, 0) is 30.9 Å². The van der Waals surface area contributed by atoms with E-state index in [0.717, 1.165) is 18.9 Å². The second kappa shape index (κ2) is 6.41. The molecule has 0 fully saturated rings. The normalized spacial score (nSPS) is 10.7. The molecule has 102 valence electrons. The van der Waals surface area contributed by atoms with Crippen molar-refractivity contribution in [1.82, 2.24) is 9.55 Å². The molecule has 0 saturated carbocycles. The fraction of sp³-hybridized carbons (Fsp3) is 0.438. The Morgan fingerprint density at radius 2 is 2.11 bits per heavy atom. The van der Waals surface area contributed by atoms with Gasteiger partial charge in [0, 0.05) is 24.6 Å². The SMILES string of the molecule is CCCCn1ccnc1Nc1c(C)cccc1CC. The van der Waals surface area contributed by atoms with E-state index in [-0.39, 0.29) is 0 Å². The van der Waals surface area contributed by atoms with E-state index < -0.39 is 0 Å². The zero-order chi connectivity index (χ0) is 13.7. The third-order valence-electron chi connectivity index (χ3n) is 3.44. The monoisotopic (exact) mass is 257 g/mol. The van der Waals surface area contributed by atoms with Gasteiger partial charge in [0.25, 0.3) is 0 Å². The molecule has 3 nitrogen and oxygen atoms in total. The number of unbranched alkanes of at least 4 members (excludes halogenated alkanes) is 1. The summed E-state index contributed by atoms with van der Waals surface area (Å²) >= 11 is 0. The Bertz CT molecular complexity index is 529. The predicted molar refractivity (Wildman–Crippen MR) is 81.0 cm³/mol. The van der Waals surface area contributed by atoms with Crippen LogP contribution in [0.3, 0.4) is 0 Å². The van der Waals surface area contributed by atoms with Crippen molar-refractivity contribution in [2.75, 3.05) is 5.32 Å². The number of rotatable bonds is 6. The first-order chi connectivity index (χ1) is 9.26. The van der Waals surface area contributed by atoms with Crippen molar-refractivity contribution in [3.05, 3.63) is 41.7 Å². The Morgan fingerprint density at radius 3 is 2.84 bits per heavy atom. The Morgan fingerprint density at radius 1 is 1.26 bits per heavy atom. The molecule has 2 rings (SSSR count). The quantitative estimate of drug-likeness (QED) is 0.836. The van der Waals surface area contributed by atoms with E-state index in [4.69, 9.17) is 0 Å². The highest BCUT2D eigenvalue weighted by atomic mass is 15.2. The van der Waals surface area contributed by atoms with Crippen molar-refractivity contribution in [1.29, 1.82) is 0 Å². The largest absolute Gasteiger partial charge is 0.325 e. The summed E-state index contributed by atoms with van der Waals surface area (Å²) in [4.78, 5) is 4.43. The van der Waals surface area contributed by atoms with Crippen LogP contribution in [0.25, 0.3) is 0 Å². The van der Waals surface area contributed by atoms with Crippen molar-refractivity contribution in [2.45, 2.75) is 46.6 Å². The van der Waals surface area contributed by atoms with Gasteiger partial charge in [0.05, 0.1) is 0 Å². The molecule has 1 aromatic heterocycles. The molecule has 1 N–H and O–H groups in total. The lowest BCUT2D eigenvalue weighted by Gasteiger charge is -2.14. The predicted octanol–water partition coefficient (Wildman–Crippen LogP) is 4.30. The van der Waals surface area contributed by atoms with Crippen molar-refractivity contribution >= 4 is 11.6 Å². The zero-order valence-corrected chi connectivity index (χ0v) is 12.1. The Labute approximate surface area is 115 Å². The summed E-state index contributed by atoms with van der Waals surface area (Å²) in [6.45, 7) is 7.55. The number of aromatic nitrogens is 2. The standard InChI is InChI=1S/C16H23N3/c1-4-6-11-19-12-10-17-16(19)18-15-13(3)8-7-9-14(15)5-2/h7-10,12H,4-6,11H2,1-3H3,(H,17,18). The van der Waals surface area contributed by atoms with E-state index in [1.165, 1.54) is 29.7 Å². The smallest absolute Gasteiger partial charge is 0.207 e. The number of para-hydroxylation sites is 1. The number of hydrogen-bond acceptors (Lipinski definition) is 2. The molecule has 0 saturated heterocycles. The highest BCUT2D eigenvalue weighted by Crippen LogP contribution is 2.24. The number of hydrogen-bond donors (Lipinski definition) is 1. The summed E-state index contributed by atoms with van der Waals surface area (Å²) in [7, 11) is 0. The first-order valence-corrected chi connectivity index (χ1v) is 7.12. The lowest BCUT2D eigenvalue weighted by molar-refractivity contribution is 0.638. The van der Waals surface area contributed by atoms with Gasteiger partial charge in [0.15, 0.2) is 0 Å². The van der Waals surface area contributed by atoms with Crippen LogP contribution >= 0.6 is 0 Å². The van der Waals surface area contributed by atoms with Gasteiger partial charge in [-0.1, -0.05) is 38.5 Å². The second-order valence-corrected chi connectivity index (χ2v) is 4.89. The average molecular weight is 257 g/mol. The summed E-state index contributed by atoms with van der Waals surface area (Å²) < 4.78 is 2.19. The minimum atomic E-state index is 0.942. The molecule has 0 aliphatic carbocycles. The van der Waals surface area contributed by atoms with Gasteiger partial charge in [-0.2, -0.15) is 0 Å². The molecule has 2 aromatic rings. The maximum atomic E-state index is 4.43. The molecule has 0 unspecified atom stereocenters. The van der Waals surface area contributed by atoms with Gasteiger partial charge >= 0.3 is 0 Å². The van der Waals surface area contributed by atoms with E-state index in [1.807, 2.05) is 12.4 Å². The van der Waals surface area contributed by atoms with Gasteiger partial charge in [-0.3, -0.25) is 0 Å². The first-order valence-electron chi connectivity index (χ1n) is 7.12. The third kappa shape index (κ3) is 3.16. The molecule has 0 spiro atoms. The van der Waals surface area contributed by atoms with Gasteiger partial charge in [0.1, 0.15) is 0 Å². The van der Waals surface area contributed by atoms with Gasteiger partial charge in [-0.15, -0.1) is 0 Å². The van der Waals surface area contributed by atoms with Crippen LogP contribution < -0.4 is 5.32 Å². The summed E-state index contributed by atoms with van der Waals surface area (Å²) in [5, 5.41) is 3.50. The summed E-state index contributed by atoms with van der Waals surface area (Å²) in [5.41, 5.74) is 3.81. The summed E-state index contributed by atoms with van der Waals surface area (Å²) in [6.07, 6.45) is 7.31. The highest BCUT2D eigenvalue weighted by Gasteiger charge is 2.08. The van der Waals surface area contributed by atoms with Crippen LogP contribution in [0, 0.1) is 6.92 Å². The number of imidazole rings is 1. The molecule has 0 atom stereocenters. The Balaban J connectivity index is 2.24. The van der Waals surface area contributed by atoms with E-state index in [0.29, 0.717) is 0 Å². The molecule has 1 heterocycles. The highest BCUT2D eigenvalue weighted by molar-refractivity contribution is 5.63. The lowest BCUT2D eigenvalue weighted by atomic mass is 10.1. The summed E-state index contributed by atoms with van der Waals surface area (Å²) in [5.74, 6) is 0.942. The van der Waals surface area contributed by atoms with E-state index in [9.17, 15) is 0 Å². The summed E-state index contributed by atoms with van der Waals surface area (Å²) in [6, 6.07) is 6.43. The van der Waals surface area contributed by atoms with Crippen LogP contribution in [0.2, 0.25) is 0 Å². The van der Waals surface area contributed by atoms with Gasteiger partial charge in [-0.25, -0.2) is 4.98 Å². The molecule has 0 amide bonds. The minimum absolute atomic E-state index is 0.942. The number of aryl methyl sites for hydroxylation is 3. The molecule has 0 radical (unpaired) electrons. The van der Waals surface area contributed by atoms with Gasteiger partial charge < -0.3 is 9.88 Å². The Kier molecular flexibility index (Phi) is 4.61. The Hall–Kier alpha value is -1.77. The van der Waals surface area contributed by atoms with E-state index >= 15 is 0 Å². The molecule has 19 heavy (non-hydrogen) atoms. The van der Waals surface area contributed by atoms with Crippen molar-refractivity contribution in [3.63, 3.8) is 0 Å². The van der Waals surface area contributed by atoms with Crippen molar-refractivity contribution in [3.8, 4) is 0 Å². The number of anilines is 2. The maximum Gasteiger partial charge on any atom is 0.207 e. The lowest BCUT2D eigenvalue weighted by Crippen LogP contribution is -2.06. The van der Waals surface area contributed by atoms with Crippen LogP contribution in [0.15, 0.2) is 30.6 Å². The van der Waals surface area contributed by atoms with Gasteiger partial charge in [0.2, 0.25) is 5.95 Å². The molecule has 0 aliphatic heterocycles. The third-order valence-corrected chi connectivity index (χ3v) is 3.44.